The van der Waals surface area contributed by atoms with Gasteiger partial charge in [0.25, 0.3) is 0 Å². The second-order valence-corrected chi connectivity index (χ2v) is 0. The van der Waals surface area contributed by atoms with Gasteiger partial charge in [-0.2, -0.15) is 0 Å². The summed E-state index contributed by atoms with van der Waals surface area (Å²) in [6.07, 6.45) is 0. The van der Waals surface area contributed by atoms with E-state index >= 15 is 0 Å². The SMILES string of the molecule is [Au].[Cr].[Mn].[SiH3].[Ti]. The molecule has 0 amide bonds. The molecule has 3 radical (unpaired) electrons. The summed E-state index contributed by atoms with van der Waals surface area (Å²) in [6.45, 7) is 0. The van der Waals surface area contributed by atoms with Crippen LogP contribution in [0.3, 0.4) is 0 Å². The van der Waals surface area contributed by atoms with Crippen molar-refractivity contribution in [2.45, 2.75) is 0 Å². The minimum Gasteiger partial charge on any atom is -0.0125 e. The van der Waals surface area contributed by atoms with Crippen molar-refractivity contribution < 1.29 is 78.5 Å². The maximum Gasteiger partial charge on any atom is 0 e. The first kappa shape index (κ1) is 47.1. The molecule has 0 heterocycles. The molecule has 0 nitrogen and oxygen atoms in total. The zero-order valence-electron chi connectivity index (χ0n) is 2.59. The summed E-state index contributed by atoms with van der Waals surface area (Å²) in [5, 5.41) is 0. The standard InChI is InChI=1S/Au.Cr.Mn.H3Si.Ti/h;;;1H3;. The van der Waals surface area contributed by atoms with Gasteiger partial charge in [0.2, 0.25) is 0 Å². The Bertz CT molecular complexity index is 11.6. The van der Waals surface area contributed by atoms with Crippen LogP contribution in [0.15, 0.2) is 0 Å². The van der Waals surface area contributed by atoms with Gasteiger partial charge in [-0.25, -0.2) is 0 Å². The van der Waals surface area contributed by atoms with Crippen molar-refractivity contribution in [1.82, 2.24) is 0 Å². The summed E-state index contributed by atoms with van der Waals surface area (Å²) < 4.78 is 0. The topological polar surface area (TPSA) is 0 Å². The van der Waals surface area contributed by atoms with Gasteiger partial charge in [0, 0.05) is 78.5 Å². The van der Waals surface area contributed by atoms with E-state index in [1.165, 1.54) is 0 Å². The molecule has 0 aromatic heterocycles. The quantitative estimate of drug-likeness (QED) is 0.462. The number of rotatable bonds is 0. The van der Waals surface area contributed by atoms with E-state index in [0.717, 1.165) is 0 Å². The van der Waals surface area contributed by atoms with Crippen molar-refractivity contribution in [2.75, 3.05) is 0 Å². The normalized spacial score (nSPS) is 0. The summed E-state index contributed by atoms with van der Waals surface area (Å²) >= 11 is 0. The molecule has 0 N–H and O–H groups in total. The monoisotopic (exact) mass is 383 g/mol. The van der Waals surface area contributed by atoms with Crippen LogP contribution in [-0.2, 0) is 78.5 Å². The molecule has 0 aromatic carbocycles. The molecule has 0 atom stereocenters. The second kappa shape index (κ2) is 29.7. The van der Waals surface area contributed by atoms with E-state index < -0.39 is 0 Å². The van der Waals surface area contributed by atoms with Gasteiger partial charge in [-0.05, 0) is 11.0 Å². The van der Waals surface area contributed by atoms with Gasteiger partial charge in [-0.15, -0.1) is 0 Å². The van der Waals surface area contributed by atoms with E-state index in [2.05, 4.69) is 0 Å². The molecule has 0 unspecified atom stereocenters. The predicted molar refractivity (Wildman–Crippen MR) is 9.94 cm³/mol. The Kier molecular flexibility index (Phi) is 280. The summed E-state index contributed by atoms with van der Waals surface area (Å²) in [7, 11) is 0. The molecule has 0 aliphatic heterocycles. The van der Waals surface area contributed by atoms with E-state index in [-0.39, 0.29) is 89.5 Å². The molecule has 0 aliphatic carbocycles. The smallest absolute Gasteiger partial charge is 0 e. The van der Waals surface area contributed by atoms with Crippen LogP contribution < -0.4 is 0 Å². The molecule has 0 saturated heterocycles. The van der Waals surface area contributed by atoms with Crippen LogP contribution in [0.1, 0.15) is 0 Å². The molecule has 0 aromatic rings. The molecule has 5 heteroatoms. The average molecular weight is 383 g/mol. The largest absolute Gasteiger partial charge is 0.0125 e. The van der Waals surface area contributed by atoms with Crippen molar-refractivity contribution in [3.63, 3.8) is 0 Å². The number of hydrogen-bond donors (Lipinski definition) is 0. The Hall–Kier alpha value is 2.72. The maximum atomic E-state index is 0. The predicted octanol–water partition coefficient (Wildman–Crippen LogP) is -1.19. The van der Waals surface area contributed by atoms with Crippen molar-refractivity contribution in [2.24, 2.45) is 0 Å². The zero-order valence-corrected chi connectivity index (χ0v) is 10.8. The minimum absolute atomic E-state index is 0. The molecule has 0 spiro atoms. The molecular formula is H3AuCrMnSiTi. The third-order valence-corrected chi connectivity index (χ3v) is 0. The molecule has 0 rings (SSSR count). The summed E-state index contributed by atoms with van der Waals surface area (Å²) in [6, 6.07) is 0. The molecule has 35 valence electrons. The van der Waals surface area contributed by atoms with Crippen LogP contribution in [0.5, 0.6) is 0 Å². The third-order valence-electron chi connectivity index (χ3n) is 0. The Balaban J connectivity index is 0. The van der Waals surface area contributed by atoms with E-state index in [4.69, 9.17) is 0 Å². The third kappa shape index (κ3) is 20.2. The van der Waals surface area contributed by atoms with Gasteiger partial charge in [-0.1, -0.05) is 0 Å². The van der Waals surface area contributed by atoms with Crippen LogP contribution in [0, 0.1) is 0 Å². The molecule has 0 saturated carbocycles. The molecular weight excluding hydrogens is 380 g/mol. The van der Waals surface area contributed by atoms with E-state index in [0.29, 0.717) is 0 Å². The van der Waals surface area contributed by atoms with Crippen LogP contribution >= 0.6 is 0 Å². The first-order valence-electron chi connectivity index (χ1n) is 0. The van der Waals surface area contributed by atoms with E-state index in [1.54, 1.807) is 0 Å². The fraction of sp³-hybridized carbons (Fsp3) is 0. The van der Waals surface area contributed by atoms with Crippen molar-refractivity contribution in [3.8, 4) is 0 Å². The van der Waals surface area contributed by atoms with Gasteiger partial charge in [0.1, 0.15) is 0 Å². The zero-order chi connectivity index (χ0) is 0. The van der Waals surface area contributed by atoms with Crippen molar-refractivity contribution in [3.05, 3.63) is 0 Å². The first-order chi connectivity index (χ1) is 0. The Morgan fingerprint density at radius 1 is 1.00 bits per heavy atom. The van der Waals surface area contributed by atoms with Gasteiger partial charge in [0.15, 0.2) is 0 Å². The Morgan fingerprint density at radius 3 is 1.00 bits per heavy atom. The summed E-state index contributed by atoms with van der Waals surface area (Å²) in [5.74, 6) is 0. The maximum absolute atomic E-state index is 0. The Labute approximate surface area is 88.3 Å². The average Bonchev–Trinajstić information content (AvgIpc) is 0. The number of hydrogen-bond acceptors (Lipinski definition) is 0. The van der Waals surface area contributed by atoms with Crippen LogP contribution in [-0.4, -0.2) is 11.0 Å². The fourth-order valence-electron chi connectivity index (χ4n) is 0. The van der Waals surface area contributed by atoms with Gasteiger partial charge >= 0.3 is 0 Å². The Morgan fingerprint density at radius 2 is 1.00 bits per heavy atom. The van der Waals surface area contributed by atoms with Crippen molar-refractivity contribution >= 4 is 11.0 Å². The van der Waals surface area contributed by atoms with Gasteiger partial charge in [0.05, 0.1) is 0 Å². The fourth-order valence-corrected chi connectivity index (χ4v) is 0. The van der Waals surface area contributed by atoms with Crippen molar-refractivity contribution in [1.29, 1.82) is 0 Å². The molecule has 5 heavy (non-hydrogen) atoms. The van der Waals surface area contributed by atoms with E-state index in [1.807, 2.05) is 0 Å². The van der Waals surface area contributed by atoms with E-state index in [9.17, 15) is 0 Å². The second-order valence-electron chi connectivity index (χ2n) is 0. The van der Waals surface area contributed by atoms with Crippen LogP contribution in [0.25, 0.3) is 0 Å². The summed E-state index contributed by atoms with van der Waals surface area (Å²) in [4.78, 5) is 0. The first-order valence-corrected chi connectivity index (χ1v) is 0. The molecule has 0 aliphatic rings. The van der Waals surface area contributed by atoms with Crippen LogP contribution in [0.2, 0.25) is 0 Å². The van der Waals surface area contributed by atoms with Gasteiger partial charge < -0.3 is 0 Å². The minimum atomic E-state index is 0. The van der Waals surface area contributed by atoms with Gasteiger partial charge in [-0.3, -0.25) is 0 Å². The van der Waals surface area contributed by atoms with Crippen LogP contribution in [0.4, 0.5) is 0 Å². The molecule has 0 bridgehead atoms. The summed E-state index contributed by atoms with van der Waals surface area (Å²) in [5.41, 5.74) is 0. The molecule has 0 fully saturated rings.